The number of pyridine rings is 1. The molecule has 3 unspecified atom stereocenters. The van der Waals surface area contributed by atoms with Crippen molar-refractivity contribution in [2.75, 3.05) is 0 Å². The number of hydrogen-bond acceptors (Lipinski definition) is 3. The van der Waals surface area contributed by atoms with Crippen LogP contribution in [0.5, 0.6) is 5.88 Å². The van der Waals surface area contributed by atoms with Gasteiger partial charge in [0.05, 0.1) is 0 Å². The Morgan fingerprint density at radius 1 is 1.35 bits per heavy atom. The van der Waals surface area contributed by atoms with Crippen molar-refractivity contribution in [2.45, 2.75) is 53.1 Å². The first kappa shape index (κ1) is 13.6. The molecule has 1 aromatic rings. The summed E-state index contributed by atoms with van der Waals surface area (Å²) >= 11 is 0. The monoisotopic (exact) mass is 273 g/mol. The van der Waals surface area contributed by atoms with Gasteiger partial charge in [-0.2, -0.15) is 0 Å². The predicted octanol–water partition coefficient (Wildman–Crippen LogP) is 3.88. The zero-order valence-corrected chi connectivity index (χ0v) is 12.8. The Bertz CT molecular complexity index is 534. The average molecular weight is 273 g/mol. The molecule has 0 amide bonds. The van der Waals surface area contributed by atoms with Gasteiger partial charge >= 0.3 is 0 Å². The standard InChI is InChI=1S/C17H23NO2/c1-11(19)12-5-6-15(18-10-12)20-14-9-13-7-8-17(14,4)16(13,2)3/h5-6,10,13-14H,7-9H2,1-4H3. The number of hydrogen-bond donors (Lipinski definition) is 0. The zero-order chi connectivity index (χ0) is 14.5. The van der Waals surface area contributed by atoms with Crippen LogP contribution in [0.2, 0.25) is 0 Å². The number of rotatable bonds is 3. The van der Waals surface area contributed by atoms with Gasteiger partial charge in [0.25, 0.3) is 0 Å². The van der Waals surface area contributed by atoms with Crippen LogP contribution in [-0.4, -0.2) is 16.9 Å². The van der Waals surface area contributed by atoms with Crippen LogP contribution in [-0.2, 0) is 0 Å². The highest BCUT2D eigenvalue weighted by Crippen LogP contribution is 2.66. The van der Waals surface area contributed by atoms with E-state index in [1.165, 1.54) is 12.8 Å². The summed E-state index contributed by atoms with van der Waals surface area (Å²) in [4.78, 5) is 15.5. The Morgan fingerprint density at radius 3 is 2.55 bits per heavy atom. The van der Waals surface area contributed by atoms with E-state index in [0.29, 0.717) is 16.9 Å². The smallest absolute Gasteiger partial charge is 0.213 e. The first-order chi connectivity index (χ1) is 9.34. The lowest BCUT2D eigenvalue weighted by atomic mass is 9.70. The summed E-state index contributed by atoms with van der Waals surface area (Å²) in [7, 11) is 0. The van der Waals surface area contributed by atoms with E-state index in [4.69, 9.17) is 4.74 Å². The summed E-state index contributed by atoms with van der Waals surface area (Å²) < 4.78 is 6.16. The number of carbonyl (C=O) groups is 1. The summed E-state index contributed by atoms with van der Waals surface area (Å²) in [6, 6.07) is 3.62. The van der Waals surface area contributed by atoms with Gasteiger partial charge in [-0.25, -0.2) is 4.98 Å². The summed E-state index contributed by atoms with van der Waals surface area (Å²) in [5, 5.41) is 0. The Labute approximate surface area is 120 Å². The fourth-order valence-electron chi connectivity index (χ4n) is 4.11. The third-order valence-electron chi connectivity index (χ3n) is 6.12. The molecule has 2 aliphatic rings. The number of fused-ring (bicyclic) bond motifs is 2. The number of nitrogens with zero attached hydrogens (tertiary/aromatic N) is 1. The molecule has 0 aromatic carbocycles. The van der Waals surface area contributed by atoms with Gasteiger partial charge in [0.15, 0.2) is 5.78 Å². The molecule has 2 saturated carbocycles. The summed E-state index contributed by atoms with van der Waals surface area (Å²) in [6.07, 6.45) is 5.53. The van der Waals surface area contributed by atoms with Gasteiger partial charge in [-0.05, 0) is 43.6 Å². The number of ketones is 1. The van der Waals surface area contributed by atoms with E-state index in [9.17, 15) is 4.79 Å². The third kappa shape index (κ3) is 1.79. The molecule has 0 radical (unpaired) electrons. The van der Waals surface area contributed by atoms with Crippen molar-refractivity contribution in [1.29, 1.82) is 0 Å². The van der Waals surface area contributed by atoms with E-state index in [0.717, 1.165) is 12.3 Å². The highest BCUT2D eigenvalue weighted by molar-refractivity contribution is 5.93. The van der Waals surface area contributed by atoms with Crippen LogP contribution in [0.3, 0.4) is 0 Å². The number of ether oxygens (including phenoxy) is 1. The SMILES string of the molecule is CC(=O)c1ccc(OC2CC3CCC2(C)C3(C)C)nc1. The Kier molecular flexibility index (Phi) is 2.93. The second kappa shape index (κ2) is 4.31. The molecular weight excluding hydrogens is 250 g/mol. The van der Waals surface area contributed by atoms with Crippen molar-refractivity contribution in [1.82, 2.24) is 4.98 Å². The molecule has 3 atom stereocenters. The third-order valence-corrected chi connectivity index (χ3v) is 6.12. The normalized spacial score (nSPS) is 34.2. The number of carbonyl (C=O) groups excluding carboxylic acids is 1. The maximum Gasteiger partial charge on any atom is 0.213 e. The van der Waals surface area contributed by atoms with Gasteiger partial charge in [-0.3, -0.25) is 4.79 Å². The minimum Gasteiger partial charge on any atom is -0.474 e. The maximum atomic E-state index is 11.3. The molecule has 0 aliphatic heterocycles. The minimum absolute atomic E-state index is 0.0390. The van der Waals surface area contributed by atoms with E-state index < -0.39 is 0 Å². The van der Waals surface area contributed by atoms with Crippen molar-refractivity contribution in [2.24, 2.45) is 16.7 Å². The van der Waals surface area contributed by atoms with Crippen molar-refractivity contribution in [3.63, 3.8) is 0 Å². The van der Waals surface area contributed by atoms with Crippen LogP contribution in [0.4, 0.5) is 0 Å². The molecule has 3 nitrogen and oxygen atoms in total. The van der Waals surface area contributed by atoms with E-state index in [2.05, 4.69) is 25.8 Å². The van der Waals surface area contributed by atoms with E-state index in [1.54, 1.807) is 19.2 Å². The molecule has 2 bridgehead atoms. The maximum absolute atomic E-state index is 11.3. The largest absolute Gasteiger partial charge is 0.474 e. The molecule has 0 spiro atoms. The molecule has 2 fully saturated rings. The second-order valence-corrected chi connectivity index (χ2v) is 7.16. The molecule has 3 heteroatoms. The van der Waals surface area contributed by atoms with Gasteiger partial charge in [0.1, 0.15) is 6.10 Å². The lowest BCUT2D eigenvalue weighted by Crippen LogP contribution is -2.39. The molecule has 1 heterocycles. The van der Waals surface area contributed by atoms with Crippen LogP contribution in [0, 0.1) is 16.7 Å². The highest BCUT2D eigenvalue weighted by atomic mass is 16.5. The molecule has 2 aliphatic carbocycles. The highest BCUT2D eigenvalue weighted by Gasteiger charge is 2.62. The van der Waals surface area contributed by atoms with Crippen molar-refractivity contribution >= 4 is 5.78 Å². The van der Waals surface area contributed by atoms with Gasteiger partial charge in [0, 0.05) is 23.2 Å². The fourth-order valence-corrected chi connectivity index (χ4v) is 4.11. The van der Waals surface area contributed by atoms with Crippen LogP contribution >= 0.6 is 0 Å². The first-order valence-electron chi connectivity index (χ1n) is 7.48. The molecule has 0 N–H and O–H groups in total. The van der Waals surface area contributed by atoms with Crippen LogP contribution in [0.15, 0.2) is 18.3 Å². The van der Waals surface area contributed by atoms with Gasteiger partial charge < -0.3 is 4.74 Å². The Morgan fingerprint density at radius 2 is 2.10 bits per heavy atom. The Hall–Kier alpha value is -1.38. The molecule has 108 valence electrons. The van der Waals surface area contributed by atoms with E-state index >= 15 is 0 Å². The molecule has 20 heavy (non-hydrogen) atoms. The molecular formula is C17H23NO2. The Balaban J connectivity index is 1.78. The second-order valence-electron chi connectivity index (χ2n) is 7.16. The minimum atomic E-state index is 0.0390. The summed E-state index contributed by atoms with van der Waals surface area (Å²) in [5.74, 6) is 1.44. The van der Waals surface area contributed by atoms with Crippen LogP contribution < -0.4 is 4.74 Å². The first-order valence-corrected chi connectivity index (χ1v) is 7.48. The zero-order valence-electron chi connectivity index (χ0n) is 12.8. The van der Waals surface area contributed by atoms with Gasteiger partial charge in [-0.15, -0.1) is 0 Å². The van der Waals surface area contributed by atoms with Crippen molar-refractivity contribution in [3.8, 4) is 5.88 Å². The average Bonchev–Trinajstić information content (AvgIpc) is 2.72. The quantitative estimate of drug-likeness (QED) is 0.785. The van der Waals surface area contributed by atoms with Crippen molar-refractivity contribution in [3.05, 3.63) is 23.9 Å². The summed E-state index contributed by atoms with van der Waals surface area (Å²) in [5.41, 5.74) is 1.21. The number of Topliss-reactive ketones (excluding diaryl/α,β-unsaturated/α-hetero) is 1. The van der Waals surface area contributed by atoms with Crippen LogP contribution in [0.25, 0.3) is 0 Å². The lowest BCUT2D eigenvalue weighted by Gasteiger charge is -2.38. The number of aromatic nitrogens is 1. The topological polar surface area (TPSA) is 39.2 Å². The molecule has 1 aromatic heterocycles. The molecule has 3 rings (SSSR count). The van der Waals surface area contributed by atoms with Gasteiger partial charge in [0.2, 0.25) is 5.88 Å². The van der Waals surface area contributed by atoms with Crippen LogP contribution in [0.1, 0.15) is 57.3 Å². The van der Waals surface area contributed by atoms with E-state index in [-0.39, 0.29) is 17.3 Å². The summed E-state index contributed by atoms with van der Waals surface area (Å²) in [6.45, 7) is 8.66. The van der Waals surface area contributed by atoms with Gasteiger partial charge in [-0.1, -0.05) is 20.8 Å². The van der Waals surface area contributed by atoms with Crippen molar-refractivity contribution < 1.29 is 9.53 Å². The fraction of sp³-hybridized carbons (Fsp3) is 0.647. The van der Waals surface area contributed by atoms with E-state index in [1.807, 2.05) is 6.07 Å². The predicted molar refractivity (Wildman–Crippen MR) is 77.9 cm³/mol. The molecule has 0 saturated heterocycles. The lowest BCUT2D eigenvalue weighted by molar-refractivity contribution is 0.0273.